The van der Waals surface area contributed by atoms with Crippen molar-refractivity contribution in [3.05, 3.63) is 0 Å². The molecule has 0 atom stereocenters. The highest BCUT2D eigenvalue weighted by Crippen LogP contribution is 2.35. The summed E-state index contributed by atoms with van der Waals surface area (Å²) >= 11 is 0. The van der Waals surface area contributed by atoms with Crippen LogP contribution < -0.4 is 0 Å². The molecule has 0 saturated carbocycles. The quantitative estimate of drug-likeness (QED) is 0.599. The lowest BCUT2D eigenvalue weighted by atomic mass is 10.7. The normalized spacial score (nSPS) is 13.8. The van der Waals surface area contributed by atoms with Gasteiger partial charge in [-0.1, -0.05) is 0 Å². The minimum atomic E-state index is -0.978. The van der Waals surface area contributed by atoms with Gasteiger partial charge >= 0.3 is 0 Å². The monoisotopic (exact) mass is 163 g/mol. The van der Waals surface area contributed by atoms with Gasteiger partial charge in [-0.2, -0.15) is 10.0 Å². The number of likely N-dealkylation sites (N-methyl/N-ethyl adjacent to an activating group) is 1. The molecule has 0 unspecified atom stereocenters. The number of hydrogen-bond acceptors (Lipinski definition) is 2. The summed E-state index contributed by atoms with van der Waals surface area (Å²) in [4.78, 5) is 13.2. The second-order valence-electron chi connectivity index (χ2n) is 3.45. The average molecular weight is 163 g/mol. The second kappa shape index (κ2) is 3.39. The van der Waals surface area contributed by atoms with E-state index in [1.54, 1.807) is 0 Å². The molecule has 0 aromatic rings. The SMILES string of the molecule is CN(C)CC(=O)S(C)(C)C. The number of carbonyl (C=O) groups is 1. The average Bonchev–Trinajstić information content (AvgIpc) is 1.60. The highest BCUT2D eigenvalue weighted by molar-refractivity contribution is 8.43. The van der Waals surface area contributed by atoms with Gasteiger partial charge in [-0.25, -0.2) is 0 Å². The molecule has 3 heteroatoms. The Morgan fingerprint density at radius 2 is 1.70 bits per heavy atom. The first-order valence-electron chi connectivity index (χ1n) is 3.20. The first-order chi connectivity index (χ1) is 4.34. The Bertz CT molecular complexity index is 126. The Morgan fingerprint density at radius 3 is 1.80 bits per heavy atom. The molecule has 0 aromatic carbocycles. The first-order valence-corrected chi connectivity index (χ1v) is 6.05. The summed E-state index contributed by atoms with van der Waals surface area (Å²) in [5.74, 6) is 0. The van der Waals surface area contributed by atoms with Crippen molar-refractivity contribution < 1.29 is 4.79 Å². The molecule has 0 aliphatic heterocycles. The van der Waals surface area contributed by atoms with Crippen molar-refractivity contribution in [3.63, 3.8) is 0 Å². The fourth-order valence-corrected chi connectivity index (χ4v) is 1.10. The molecule has 0 amide bonds. The van der Waals surface area contributed by atoms with E-state index in [0.717, 1.165) is 0 Å². The highest BCUT2D eigenvalue weighted by atomic mass is 32.3. The molecule has 0 bridgehead atoms. The van der Waals surface area contributed by atoms with Gasteiger partial charge in [-0.05, 0) is 32.9 Å². The predicted octanol–water partition coefficient (Wildman–Crippen LogP) is 0.769. The molecule has 0 rings (SSSR count). The first kappa shape index (κ1) is 9.98. The highest BCUT2D eigenvalue weighted by Gasteiger charge is 2.15. The molecule has 62 valence electrons. The van der Waals surface area contributed by atoms with E-state index in [1.807, 2.05) is 37.8 Å². The largest absolute Gasteiger partial charge is 0.302 e. The Balaban J connectivity index is 3.87. The number of nitrogens with zero attached hydrogens (tertiary/aromatic N) is 1. The summed E-state index contributed by atoms with van der Waals surface area (Å²) in [5.41, 5.74) is 0. The maximum atomic E-state index is 11.3. The van der Waals surface area contributed by atoms with Crippen LogP contribution in [-0.2, 0) is 4.79 Å². The fraction of sp³-hybridized carbons (Fsp3) is 0.857. The molecular weight excluding hydrogens is 146 g/mol. The standard InChI is InChI=1S/C7H17NOS/c1-8(2)6-7(9)10(3,4)5/h6H2,1-5H3. The second-order valence-corrected chi connectivity index (χ2v) is 7.58. The van der Waals surface area contributed by atoms with E-state index in [4.69, 9.17) is 0 Å². The lowest BCUT2D eigenvalue weighted by Gasteiger charge is -2.24. The van der Waals surface area contributed by atoms with Gasteiger partial charge in [0.2, 0.25) is 0 Å². The van der Waals surface area contributed by atoms with Gasteiger partial charge in [0, 0.05) is 0 Å². The predicted molar refractivity (Wildman–Crippen MR) is 48.9 cm³/mol. The van der Waals surface area contributed by atoms with Crippen LogP contribution in [-0.4, -0.2) is 49.4 Å². The Hall–Kier alpha value is -0.0200. The number of rotatable bonds is 2. The topological polar surface area (TPSA) is 20.3 Å². The molecule has 0 aromatic heterocycles. The molecule has 0 radical (unpaired) electrons. The summed E-state index contributed by atoms with van der Waals surface area (Å²) in [6.45, 7) is 0.582. The van der Waals surface area contributed by atoms with E-state index < -0.39 is 10.0 Å². The molecule has 0 aliphatic rings. The van der Waals surface area contributed by atoms with Crippen molar-refractivity contribution in [1.29, 1.82) is 0 Å². The summed E-state index contributed by atoms with van der Waals surface area (Å²) in [6.07, 6.45) is 6.08. The lowest BCUT2D eigenvalue weighted by molar-refractivity contribution is -0.111. The summed E-state index contributed by atoms with van der Waals surface area (Å²) in [6, 6.07) is 0. The maximum absolute atomic E-state index is 11.3. The van der Waals surface area contributed by atoms with Crippen molar-refractivity contribution in [2.75, 3.05) is 39.4 Å². The zero-order valence-corrected chi connectivity index (χ0v) is 8.29. The van der Waals surface area contributed by atoms with Crippen LogP contribution in [0, 0.1) is 0 Å². The molecule has 2 nitrogen and oxygen atoms in total. The van der Waals surface area contributed by atoms with E-state index in [1.165, 1.54) is 0 Å². The van der Waals surface area contributed by atoms with Gasteiger partial charge in [0.05, 0.1) is 6.54 Å². The Morgan fingerprint density at radius 1 is 1.30 bits per heavy atom. The van der Waals surface area contributed by atoms with Crippen LogP contribution in [0.5, 0.6) is 0 Å². The maximum Gasteiger partial charge on any atom is 0.185 e. The van der Waals surface area contributed by atoms with Crippen molar-refractivity contribution in [2.45, 2.75) is 0 Å². The van der Waals surface area contributed by atoms with Crippen LogP contribution >= 0.6 is 10.0 Å². The summed E-state index contributed by atoms with van der Waals surface area (Å²) < 4.78 is 0. The van der Waals surface area contributed by atoms with Crippen molar-refractivity contribution in [1.82, 2.24) is 4.90 Å². The number of hydrogen-bond donors (Lipinski definition) is 0. The van der Waals surface area contributed by atoms with E-state index in [2.05, 4.69) is 0 Å². The minimum absolute atomic E-state index is 0.373. The van der Waals surface area contributed by atoms with Crippen LogP contribution in [0.2, 0.25) is 0 Å². The van der Waals surface area contributed by atoms with Gasteiger partial charge in [0.15, 0.2) is 5.12 Å². The van der Waals surface area contributed by atoms with Crippen LogP contribution in [0.1, 0.15) is 0 Å². The van der Waals surface area contributed by atoms with E-state index in [-0.39, 0.29) is 0 Å². The minimum Gasteiger partial charge on any atom is -0.302 e. The zero-order valence-electron chi connectivity index (χ0n) is 7.47. The van der Waals surface area contributed by atoms with Gasteiger partial charge < -0.3 is 4.90 Å². The Labute approximate surface area is 64.9 Å². The Kier molecular flexibility index (Phi) is 3.39. The molecule has 0 fully saturated rings. The van der Waals surface area contributed by atoms with Crippen LogP contribution in [0.3, 0.4) is 0 Å². The van der Waals surface area contributed by atoms with E-state index in [9.17, 15) is 4.79 Å². The van der Waals surface area contributed by atoms with Gasteiger partial charge in [0.1, 0.15) is 0 Å². The van der Waals surface area contributed by atoms with Crippen molar-refractivity contribution in [3.8, 4) is 0 Å². The summed E-state index contributed by atoms with van der Waals surface area (Å²) in [5, 5.41) is 0.373. The molecule has 0 saturated heterocycles. The molecule has 10 heavy (non-hydrogen) atoms. The molecular formula is C7H17NOS. The van der Waals surface area contributed by atoms with Crippen LogP contribution in [0.25, 0.3) is 0 Å². The molecule has 0 spiro atoms. The van der Waals surface area contributed by atoms with Crippen LogP contribution in [0.4, 0.5) is 0 Å². The summed E-state index contributed by atoms with van der Waals surface area (Å²) in [7, 11) is 2.86. The van der Waals surface area contributed by atoms with E-state index >= 15 is 0 Å². The third kappa shape index (κ3) is 3.90. The number of carbonyl (C=O) groups excluding carboxylic acids is 1. The third-order valence-corrected chi connectivity index (χ3v) is 2.62. The van der Waals surface area contributed by atoms with Gasteiger partial charge in [-0.15, -0.1) is 0 Å². The lowest BCUT2D eigenvalue weighted by Crippen LogP contribution is -2.24. The van der Waals surface area contributed by atoms with Crippen molar-refractivity contribution >= 4 is 15.1 Å². The molecule has 0 heterocycles. The van der Waals surface area contributed by atoms with Gasteiger partial charge in [0.25, 0.3) is 0 Å². The van der Waals surface area contributed by atoms with Crippen molar-refractivity contribution in [2.24, 2.45) is 0 Å². The van der Waals surface area contributed by atoms with Gasteiger partial charge in [-0.3, -0.25) is 4.79 Å². The smallest absolute Gasteiger partial charge is 0.185 e. The fourth-order valence-electron chi connectivity index (χ4n) is 0.452. The molecule has 0 aliphatic carbocycles. The zero-order chi connectivity index (χ0) is 8.36. The van der Waals surface area contributed by atoms with Crippen LogP contribution in [0.15, 0.2) is 0 Å². The van der Waals surface area contributed by atoms with E-state index in [0.29, 0.717) is 11.7 Å². The third-order valence-electron chi connectivity index (χ3n) is 1.13. The molecule has 0 N–H and O–H groups in total.